The number of nitrogens with one attached hydrogen (secondary N) is 1. The first-order chi connectivity index (χ1) is 9.13. The number of benzene rings is 1. The van der Waals surface area contributed by atoms with E-state index in [1.165, 1.54) is 6.07 Å². The number of aryl methyl sites for hydroxylation is 1. The number of anilines is 2. The molecular formula is C14H11F2N3. The van der Waals surface area contributed by atoms with Gasteiger partial charge in [-0.05, 0) is 30.3 Å². The zero-order chi connectivity index (χ0) is 13.4. The smallest absolute Gasteiger partial charge is 0.160 e. The third kappa shape index (κ3) is 2.14. The molecule has 0 fully saturated rings. The molecule has 0 aliphatic heterocycles. The van der Waals surface area contributed by atoms with Crippen LogP contribution < -0.4 is 5.32 Å². The molecule has 0 bridgehead atoms. The van der Waals surface area contributed by atoms with E-state index in [4.69, 9.17) is 0 Å². The molecule has 3 nitrogen and oxygen atoms in total. The van der Waals surface area contributed by atoms with E-state index in [-0.39, 0.29) is 0 Å². The molecular weight excluding hydrogens is 248 g/mol. The third-order valence-corrected chi connectivity index (χ3v) is 2.91. The minimum atomic E-state index is -0.884. The highest BCUT2D eigenvalue weighted by Crippen LogP contribution is 2.20. The lowest BCUT2D eigenvalue weighted by atomic mass is 10.3. The van der Waals surface area contributed by atoms with Crippen molar-refractivity contribution in [3.63, 3.8) is 0 Å². The van der Waals surface area contributed by atoms with Crippen LogP contribution in [-0.2, 0) is 7.05 Å². The molecule has 0 aliphatic rings. The van der Waals surface area contributed by atoms with Gasteiger partial charge in [0.1, 0.15) is 11.5 Å². The first-order valence-electron chi connectivity index (χ1n) is 5.77. The minimum Gasteiger partial charge on any atom is -0.340 e. The highest BCUT2D eigenvalue weighted by atomic mass is 19.2. The molecule has 19 heavy (non-hydrogen) atoms. The number of fused-ring (bicyclic) bond motifs is 1. The van der Waals surface area contributed by atoms with Gasteiger partial charge in [-0.1, -0.05) is 0 Å². The number of hydrogen-bond acceptors (Lipinski definition) is 2. The Hall–Kier alpha value is -2.43. The minimum absolute atomic E-state index is 0.458. The van der Waals surface area contributed by atoms with E-state index in [9.17, 15) is 8.78 Å². The summed E-state index contributed by atoms with van der Waals surface area (Å²) in [5, 5.41) is 3.98. The van der Waals surface area contributed by atoms with Gasteiger partial charge in [-0.3, -0.25) is 0 Å². The summed E-state index contributed by atoms with van der Waals surface area (Å²) in [5.74, 6) is -1.17. The summed E-state index contributed by atoms with van der Waals surface area (Å²) in [5.41, 5.74) is 1.28. The van der Waals surface area contributed by atoms with E-state index in [2.05, 4.69) is 10.3 Å². The van der Waals surface area contributed by atoms with Gasteiger partial charge in [-0.15, -0.1) is 0 Å². The molecule has 1 aromatic carbocycles. The van der Waals surface area contributed by atoms with Crippen molar-refractivity contribution in [2.45, 2.75) is 0 Å². The molecule has 3 rings (SSSR count). The van der Waals surface area contributed by atoms with Crippen LogP contribution in [0.4, 0.5) is 20.3 Å². The second-order valence-corrected chi connectivity index (χ2v) is 4.29. The maximum Gasteiger partial charge on any atom is 0.160 e. The van der Waals surface area contributed by atoms with Crippen LogP contribution in [0.15, 0.2) is 42.6 Å². The summed E-state index contributed by atoms with van der Waals surface area (Å²) < 4.78 is 27.8. The van der Waals surface area contributed by atoms with Crippen LogP contribution in [0.1, 0.15) is 0 Å². The Balaban J connectivity index is 1.95. The van der Waals surface area contributed by atoms with Crippen LogP contribution in [0.25, 0.3) is 11.0 Å². The van der Waals surface area contributed by atoms with Gasteiger partial charge in [0.2, 0.25) is 0 Å². The summed E-state index contributed by atoms with van der Waals surface area (Å²) in [6.07, 6.45) is 1.92. The number of hydrogen-bond donors (Lipinski definition) is 1. The van der Waals surface area contributed by atoms with Crippen molar-refractivity contribution in [2.75, 3.05) is 5.32 Å². The molecule has 0 atom stereocenters. The fraction of sp³-hybridized carbons (Fsp3) is 0.0714. The molecule has 1 N–H and O–H groups in total. The molecule has 3 aromatic rings. The molecule has 0 spiro atoms. The van der Waals surface area contributed by atoms with Crippen LogP contribution in [-0.4, -0.2) is 9.55 Å². The van der Waals surface area contributed by atoms with Crippen LogP contribution in [0.5, 0.6) is 0 Å². The number of rotatable bonds is 2. The summed E-state index contributed by atoms with van der Waals surface area (Å²) in [6, 6.07) is 9.33. The SMILES string of the molecule is Cn1ccc2ccc(Nc3ccc(F)c(F)c3)nc21. The van der Waals surface area contributed by atoms with E-state index < -0.39 is 11.6 Å². The Morgan fingerprint density at radius 3 is 2.68 bits per heavy atom. The maximum atomic E-state index is 13.1. The Kier molecular flexibility index (Phi) is 2.67. The Labute approximate surface area is 108 Å². The summed E-state index contributed by atoms with van der Waals surface area (Å²) in [4.78, 5) is 4.42. The first kappa shape index (κ1) is 11.6. The number of pyridine rings is 1. The fourth-order valence-electron chi connectivity index (χ4n) is 1.93. The average Bonchev–Trinajstić information content (AvgIpc) is 2.76. The highest BCUT2D eigenvalue weighted by molar-refractivity contribution is 5.78. The van der Waals surface area contributed by atoms with Crippen molar-refractivity contribution in [1.82, 2.24) is 9.55 Å². The monoisotopic (exact) mass is 259 g/mol. The molecule has 0 saturated heterocycles. The van der Waals surface area contributed by atoms with Gasteiger partial charge in [0.05, 0.1) is 0 Å². The zero-order valence-electron chi connectivity index (χ0n) is 10.2. The molecule has 0 aliphatic carbocycles. The van der Waals surface area contributed by atoms with E-state index in [1.54, 1.807) is 6.07 Å². The van der Waals surface area contributed by atoms with E-state index in [1.807, 2.05) is 29.9 Å². The van der Waals surface area contributed by atoms with Gasteiger partial charge in [-0.2, -0.15) is 0 Å². The Morgan fingerprint density at radius 2 is 1.89 bits per heavy atom. The van der Waals surface area contributed by atoms with E-state index in [0.29, 0.717) is 11.5 Å². The van der Waals surface area contributed by atoms with Crippen LogP contribution in [0, 0.1) is 11.6 Å². The second kappa shape index (κ2) is 4.35. The van der Waals surface area contributed by atoms with Crippen LogP contribution in [0.2, 0.25) is 0 Å². The normalized spacial score (nSPS) is 10.9. The molecule has 96 valence electrons. The zero-order valence-corrected chi connectivity index (χ0v) is 10.2. The first-order valence-corrected chi connectivity index (χ1v) is 5.77. The van der Waals surface area contributed by atoms with Crippen molar-refractivity contribution >= 4 is 22.5 Å². The predicted octanol–water partition coefficient (Wildman–Crippen LogP) is 3.60. The average molecular weight is 259 g/mol. The molecule has 0 saturated carbocycles. The second-order valence-electron chi connectivity index (χ2n) is 4.29. The van der Waals surface area contributed by atoms with E-state index >= 15 is 0 Å². The number of halogens is 2. The van der Waals surface area contributed by atoms with Gasteiger partial charge in [0.25, 0.3) is 0 Å². The molecule has 0 amide bonds. The van der Waals surface area contributed by atoms with Gasteiger partial charge in [0.15, 0.2) is 11.6 Å². The van der Waals surface area contributed by atoms with Crippen molar-refractivity contribution in [1.29, 1.82) is 0 Å². The van der Waals surface area contributed by atoms with Crippen molar-refractivity contribution in [2.24, 2.45) is 7.05 Å². The highest BCUT2D eigenvalue weighted by Gasteiger charge is 2.05. The summed E-state index contributed by atoms with van der Waals surface area (Å²) in [7, 11) is 1.90. The molecule has 2 aromatic heterocycles. The lowest BCUT2D eigenvalue weighted by Crippen LogP contribution is -1.96. The lowest BCUT2D eigenvalue weighted by Gasteiger charge is -2.06. The third-order valence-electron chi connectivity index (χ3n) is 2.91. The van der Waals surface area contributed by atoms with Crippen LogP contribution >= 0.6 is 0 Å². The summed E-state index contributed by atoms with van der Waals surface area (Å²) >= 11 is 0. The number of aromatic nitrogens is 2. The topological polar surface area (TPSA) is 29.9 Å². The van der Waals surface area contributed by atoms with Crippen molar-refractivity contribution in [3.8, 4) is 0 Å². The van der Waals surface area contributed by atoms with Gasteiger partial charge >= 0.3 is 0 Å². The fourth-order valence-corrected chi connectivity index (χ4v) is 1.93. The lowest BCUT2D eigenvalue weighted by molar-refractivity contribution is 0.509. The molecule has 0 radical (unpaired) electrons. The van der Waals surface area contributed by atoms with Gasteiger partial charge in [0, 0.05) is 30.4 Å². The van der Waals surface area contributed by atoms with Gasteiger partial charge < -0.3 is 9.88 Å². The standard InChI is InChI=1S/C14H11F2N3/c1-19-7-6-9-2-5-13(18-14(9)19)17-10-3-4-11(15)12(16)8-10/h2-8H,1H3,(H,17,18). The van der Waals surface area contributed by atoms with Crippen molar-refractivity contribution in [3.05, 3.63) is 54.2 Å². The quantitative estimate of drug-likeness (QED) is 0.762. The maximum absolute atomic E-state index is 13.1. The van der Waals surface area contributed by atoms with Crippen molar-refractivity contribution < 1.29 is 8.78 Å². The van der Waals surface area contributed by atoms with Crippen LogP contribution in [0.3, 0.4) is 0 Å². The molecule has 2 heterocycles. The Bertz CT molecular complexity index is 750. The Morgan fingerprint density at radius 1 is 1.05 bits per heavy atom. The molecule has 5 heteroatoms. The number of nitrogens with zero attached hydrogens (tertiary/aromatic N) is 2. The molecule has 0 unspecified atom stereocenters. The largest absolute Gasteiger partial charge is 0.340 e. The predicted molar refractivity (Wildman–Crippen MR) is 70.4 cm³/mol. The van der Waals surface area contributed by atoms with E-state index in [0.717, 1.165) is 23.2 Å². The summed E-state index contributed by atoms with van der Waals surface area (Å²) in [6.45, 7) is 0. The van der Waals surface area contributed by atoms with Gasteiger partial charge in [-0.25, -0.2) is 13.8 Å².